The molecule has 0 aliphatic carbocycles. The Labute approximate surface area is 221 Å². The molecule has 1 spiro atoms. The zero-order valence-electron chi connectivity index (χ0n) is 20.6. The van der Waals surface area contributed by atoms with Gasteiger partial charge in [0.05, 0.1) is 30.1 Å². The van der Waals surface area contributed by atoms with Gasteiger partial charge in [0.1, 0.15) is 11.9 Å². The zero-order valence-corrected chi connectivity index (χ0v) is 21.3. The fraction of sp³-hybridized carbons (Fsp3) is 0.310. The summed E-state index contributed by atoms with van der Waals surface area (Å²) in [5, 5.41) is 7.23. The Hall–Kier alpha value is -3.55. The van der Waals surface area contributed by atoms with Gasteiger partial charge in [-0.05, 0) is 60.8 Å². The van der Waals surface area contributed by atoms with Crippen LogP contribution in [0.25, 0.3) is 0 Å². The van der Waals surface area contributed by atoms with Gasteiger partial charge in [-0.3, -0.25) is 9.59 Å². The summed E-state index contributed by atoms with van der Waals surface area (Å²) < 4.78 is 17.5. The molecule has 1 unspecified atom stereocenters. The number of esters is 2. The maximum atomic E-state index is 12.3. The zero-order chi connectivity index (χ0) is 25.8. The summed E-state index contributed by atoms with van der Waals surface area (Å²) in [5.74, 6) is -1.65. The van der Waals surface area contributed by atoms with E-state index < -0.39 is 17.7 Å². The van der Waals surface area contributed by atoms with Crippen LogP contribution < -0.4 is 15.4 Å². The Morgan fingerprint density at radius 1 is 0.973 bits per heavy atom. The standard InChI is InChI=1S/C29H29ClN2O5/c1-19(21-5-3-2-4-6-21)35-22-9-7-20(8-10-22)17-32-28-23-15-16-31-18-29(24(23)11-12-25(28)30)36-26(33)13-14-27(34)37-29/h2-12,19,31-32H,13-18H2,1H3. The van der Waals surface area contributed by atoms with Crippen molar-refractivity contribution < 1.29 is 23.8 Å². The number of hydrogen-bond acceptors (Lipinski definition) is 7. The van der Waals surface area contributed by atoms with E-state index in [1.807, 2.05) is 61.5 Å². The number of carbonyl (C=O) groups is 2. The predicted octanol–water partition coefficient (Wildman–Crippen LogP) is 5.27. The number of hydrogen-bond donors (Lipinski definition) is 2. The van der Waals surface area contributed by atoms with E-state index in [9.17, 15) is 9.59 Å². The molecule has 1 atom stereocenters. The lowest BCUT2D eigenvalue weighted by Gasteiger charge is -2.32. The van der Waals surface area contributed by atoms with Crippen molar-refractivity contribution in [2.45, 2.75) is 44.6 Å². The van der Waals surface area contributed by atoms with Crippen molar-refractivity contribution in [1.29, 1.82) is 0 Å². The van der Waals surface area contributed by atoms with Crippen LogP contribution in [0.1, 0.15) is 48.1 Å². The van der Waals surface area contributed by atoms with E-state index in [2.05, 4.69) is 10.6 Å². The number of rotatable bonds is 6. The highest BCUT2D eigenvalue weighted by Crippen LogP contribution is 2.40. The molecule has 3 aromatic rings. The normalized spacial score (nSPS) is 17.6. The molecule has 7 nitrogen and oxygen atoms in total. The third-order valence-corrected chi connectivity index (χ3v) is 6.96. The van der Waals surface area contributed by atoms with Crippen LogP contribution in [0, 0.1) is 0 Å². The van der Waals surface area contributed by atoms with Crippen LogP contribution in [0.15, 0.2) is 66.7 Å². The lowest BCUT2D eigenvalue weighted by atomic mass is 9.96. The number of ether oxygens (including phenoxy) is 3. The van der Waals surface area contributed by atoms with Crippen molar-refractivity contribution in [1.82, 2.24) is 5.32 Å². The molecule has 0 saturated carbocycles. The lowest BCUT2D eigenvalue weighted by Crippen LogP contribution is -2.43. The second kappa shape index (κ2) is 10.8. The third-order valence-electron chi connectivity index (χ3n) is 6.65. The highest BCUT2D eigenvalue weighted by Gasteiger charge is 2.46. The molecule has 2 aliphatic heterocycles. The van der Waals surface area contributed by atoms with E-state index in [-0.39, 0.29) is 25.5 Å². The van der Waals surface area contributed by atoms with E-state index >= 15 is 0 Å². The van der Waals surface area contributed by atoms with Gasteiger partial charge in [0.2, 0.25) is 0 Å². The smallest absolute Gasteiger partial charge is 0.309 e. The Kier molecular flexibility index (Phi) is 7.35. The largest absolute Gasteiger partial charge is 0.486 e. The van der Waals surface area contributed by atoms with Gasteiger partial charge >= 0.3 is 11.9 Å². The Bertz CT molecular complexity index is 1260. The molecule has 1 fully saturated rings. The van der Waals surface area contributed by atoms with E-state index in [1.54, 1.807) is 12.1 Å². The highest BCUT2D eigenvalue weighted by molar-refractivity contribution is 6.33. The van der Waals surface area contributed by atoms with E-state index in [0.717, 1.165) is 28.1 Å². The lowest BCUT2D eigenvalue weighted by molar-refractivity contribution is -0.225. The van der Waals surface area contributed by atoms with Crippen LogP contribution in [0.3, 0.4) is 0 Å². The monoisotopic (exact) mass is 520 g/mol. The minimum absolute atomic E-state index is 0.00154. The molecule has 5 rings (SSSR count). The molecule has 8 heteroatoms. The molecule has 2 heterocycles. The Morgan fingerprint density at radius 2 is 1.68 bits per heavy atom. The van der Waals surface area contributed by atoms with Crippen molar-refractivity contribution >= 4 is 29.2 Å². The third kappa shape index (κ3) is 5.58. The average molecular weight is 521 g/mol. The first-order chi connectivity index (χ1) is 17.9. The first-order valence-electron chi connectivity index (χ1n) is 12.4. The number of benzene rings is 3. The number of halogens is 1. The molecular formula is C29H29ClN2O5. The molecule has 0 amide bonds. The van der Waals surface area contributed by atoms with Gasteiger partial charge in [0.15, 0.2) is 0 Å². The Morgan fingerprint density at radius 3 is 2.38 bits per heavy atom. The number of carbonyl (C=O) groups excluding carboxylic acids is 2. The van der Waals surface area contributed by atoms with E-state index in [0.29, 0.717) is 30.1 Å². The summed E-state index contributed by atoms with van der Waals surface area (Å²) >= 11 is 6.62. The summed E-state index contributed by atoms with van der Waals surface area (Å²) in [6.45, 7) is 3.34. The summed E-state index contributed by atoms with van der Waals surface area (Å²) in [7, 11) is 0. The quantitative estimate of drug-likeness (QED) is 0.428. The van der Waals surface area contributed by atoms with Gasteiger partial charge < -0.3 is 24.8 Å². The van der Waals surface area contributed by atoms with E-state index in [1.165, 1.54) is 0 Å². The molecule has 192 valence electrons. The van der Waals surface area contributed by atoms with Crippen molar-refractivity contribution in [2.75, 3.05) is 18.4 Å². The van der Waals surface area contributed by atoms with Crippen LogP contribution in [-0.2, 0) is 37.8 Å². The van der Waals surface area contributed by atoms with Crippen molar-refractivity contribution in [3.63, 3.8) is 0 Å². The second-order valence-electron chi connectivity index (χ2n) is 9.24. The van der Waals surface area contributed by atoms with Crippen molar-refractivity contribution in [2.24, 2.45) is 0 Å². The number of nitrogens with one attached hydrogen (secondary N) is 2. The fourth-order valence-electron chi connectivity index (χ4n) is 4.74. The first kappa shape index (κ1) is 25.1. The molecule has 0 bridgehead atoms. The molecule has 1 saturated heterocycles. The van der Waals surface area contributed by atoms with Gasteiger partial charge in [0, 0.05) is 12.1 Å². The van der Waals surface area contributed by atoms with Gasteiger partial charge in [-0.25, -0.2) is 0 Å². The summed E-state index contributed by atoms with van der Waals surface area (Å²) in [6, 6.07) is 21.5. The minimum Gasteiger partial charge on any atom is -0.486 e. The summed E-state index contributed by atoms with van der Waals surface area (Å²) in [6.07, 6.45) is 0.563. The summed E-state index contributed by atoms with van der Waals surface area (Å²) in [5.41, 5.74) is 4.38. The van der Waals surface area contributed by atoms with Crippen LogP contribution in [0.4, 0.5) is 5.69 Å². The highest BCUT2D eigenvalue weighted by atomic mass is 35.5. The van der Waals surface area contributed by atoms with Crippen LogP contribution in [-0.4, -0.2) is 25.0 Å². The molecule has 2 N–H and O–H groups in total. The molecule has 2 aliphatic rings. The molecule has 37 heavy (non-hydrogen) atoms. The van der Waals surface area contributed by atoms with Crippen LogP contribution in [0.5, 0.6) is 5.75 Å². The van der Waals surface area contributed by atoms with Crippen molar-refractivity contribution in [3.8, 4) is 5.75 Å². The van der Waals surface area contributed by atoms with Crippen LogP contribution >= 0.6 is 11.6 Å². The maximum absolute atomic E-state index is 12.3. The fourth-order valence-corrected chi connectivity index (χ4v) is 4.98. The maximum Gasteiger partial charge on any atom is 0.309 e. The van der Waals surface area contributed by atoms with Gasteiger partial charge in [-0.1, -0.05) is 54.1 Å². The topological polar surface area (TPSA) is 85.9 Å². The first-order valence-corrected chi connectivity index (χ1v) is 12.8. The second-order valence-corrected chi connectivity index (χ2v) is 9.65. The average Bonchev–Trinajstić information content (AvgIpc) is 3.16. The van der Waals surface area contributed by atoms with Crippen LogP contribution in [0.2, 0.25) is 5.02 Å². The minimum atomic E-state index is -1.51. The number of fused-ring (bicyclic) bond motifs is 2. The SMILES string of the molecule is CC(Oc1ccc(CNc2c(Cl)ccc3c2CCNCC32OC(=O)CCC(=O)O2)cc1)c1ccccc1. The predicted molar refractivity (Wildman–Crippen MR) is 140 cm³/mol. The van der Waals surface area contributed by atoms with Gasteiger partial charge in [0.25, 0.3) is 5.79 Å². The molecule has 0 radical (unpaired) electrons. The molecular weight excluding hydrogens is 492 g/mol. The van der Waals surface area contributed by atoms with E-state index in [4.69, 9.17) is 25.8 Å². The van der Waals surface area contributed by atoms with Gasteiger partial charge in [-0.2, -0.15) is 0 Å². The number of anilines is 1. The molecule has 3 aromatic carbocycles. The Balaban J connectivity index is 1.34. The summed E-state index contributed by atoms with van der Waals surface area (Å²) in [4.78, 5) is 24.7. The molecule has 0 aromatic heterocycles. The van der Waals surface area contributed by atoms with Gasteiger partial charge in [-0.15, -0.1) is 0 Å². The van der Waals surface area contributed by atoms with Crippen molar-refractivity contribution in [3.05, 3.63) is 94.0 Å².